The number of carbonyl (C=O) groups is 1. The number of hydrogen-bond acceptors (Lipinski definition) is 3. The minimum atomic E-state index is -0.362. The van der Waals surface area contributed by atoms with Crippen molar-refractivity contribution >= 4 is 34.8 Å². The maximum atomic E-state index is 11.8. The van der Waals surface area contributed by atoms with Gasteiger partial charge in [0.15, 0.2) is 0 Å². The topological polar surface area (TPSA) is 54.9 Å². The van der Waals surface area contributed by atoms with Crippen LogP contribution < -0.4 is 5.32 Å². The van der Waals surface area contributed by atoms with Crippen LogP contribution in [0.3, 0.4) is 0 Å². The average Bonchev–Trinajstić information content (AvgIpc) is 2.34. The fourth-order valence-electron chi connectivity index (χ4n) is 1.30. The van der Waals surface area contributed by atoms with Crippen molar-refractivity contribution in [3.8, 4) is 0 Å². The molecule has 0 aliphatic carbocycles. The maximum Gasteiger partial charge on any atom is 0.275 e. The first kappa shape index (κ1) is 12.8. The van der Waals surface area contributed by atoms with E-state index in [0.29, 0.717) is 10.7 Å². The number of rotatable bonds is 2. The Hall–Kier alpha value is -1.65. The van der Waals surface area contributed by atoms with E-state index in [1.807, 2.05) is 13.0 Å². The Kier molecular flexibility index (Phi) is 3.79. The van der Waals surface area contributed by atoms with E-state index in [-0.39, 0.29) is 16.8 Å². The van der Waals surface area contributed by atoms with Gasteiger partial charge in [0.05, 0.1) is 12.4 Å². The maximum absolute atomic E-state index is 11.8. The fourth-order valence-corrected chi connectivity index (χ4v) is 1.57. The predicted octanol–water partition coefficient (Wildman–Crippen LogP) is 3.34. The van der Waals surface area contributed by atoms with Crippen molar-refractivity contribution in [2.45, 2.75) is 6.92 Å². The third-order valence-electron chi connectivity index (χ3n) is 2.28. The van der Waals surface area contributed by atoms with Crippen molar-refractivity contribution in [1.29, 1.82) is 0 Å². The van der Waals surface area contributed by atoms with E-state index in [1.165, 1.54) is 12.4 Å². The Bertz CT molecular complexity index is 584. The zero-order valence-electron chi connectivity index (χ0n) is 9.45. The summed E-state index contributed by atoms with van der Waals surface area (Å²) in [6, 6.07) is 5.27. The van der Waals surface area contributed by atoms with Gasteiger partial charge in [-0.25, -0.2) is 9.97 Å². The molecule has 0 saturated carbocycles. The van der Waals surface area contributed by atoms with Gasteiger partial charge in [0.2, 0.25) is 0 Å². The second-order valence-electron chi connectivity index (χ2n) is 3.64. The van der Waals surface area contributed by atoms with Gasteiger partial charge in [0.25, 0.3) is 5.91 Å². The summed E-state index contributed by atoms with van der Waals surface area (Å²) < 4.78 is 0. The lowest BCUT2D eigenvalue weighted by molar-refractivity contribution is 0.102. The van der Waals surface area contributed by atoms with Crippen LogP contribution >= 0.6 is 23.2 Å². The normalized spacial score (nSPS) is 10.2. The molecule has 18 heavy (non-hydrogen) atoms. The van der Waals surface area contributed by atoms with E-state index >= 15 is 0 Å². The lowest BCUT2D eigenvalue weighted by Gasteiger charge is -2.06. The van der Waals surface area contributed by atoms with Crippen LogP contribution in [0, 0.1) is 6.92 Å². The highest BCUT2D eigenvalue weighted by atomic mass is 35.5. The molecule has 0 bridgehead atoms. The van der Waals surface area contributed by atoms with Gasteiger partial charge in [-0.15, -0.1) is 0 Å². The van der Waals surface area contributed by atoms with Gasteiger partial charge in [-0.05, 0) is 24.6 Å². The molecule has 0 radical (unpaired) electrons. The van der Waals surface area contributed by atoms with Crippen LogP contribution in [0.5, 0.6) is 0 Å². The van der Waals surface area contributed by atoms with Gasteiger partial charge in [0.1, 0.15) is 10.8 Å². The number of halogens is 2. The third kappa shape index (κ3) is 2.97. The Morgan fingerprint density at radius 3 is 2.61 bits per heavy atom. The SMILES string of the molecule is Cc1ccc(NC(=O)c2cnc(Cl)cn2)cc1Cl. The molecular formula is C12H9Cl2N3O. The number of anilines is 1. The Labute approximate surface area is 114 Å². The van der Waals surface area contributed by atoms with E-state index in [0.717, 1.165) is 5.56 Å². The van der Waals surface area contributed by atoms with Gasteiger partial charge < -0.3 is 5.32 Å². The van der Waals surface area contributed by atoms with Gasteiger partial charge in [0, 0.05) is 10.7 Å². The summed E-state index contributed by atoms with van der Waals surface area (Å²) in [5, 5.41) is 3.51. The van der Waals surface area contributed by atoms with Crippen molar-refractivity contribution in [2.24, 2.45) is 0 Å². The molecule has 0 aliphatic rings. The van der Waals surface area contributed by atoms with E-state index in [9.17, 15) is 4.79 Å². The number of aromatic nitrogens is 2. The van der Waals surface area contributed by atoms with Gasteiger partial charge >= 0.3 is 0 Å². The smallest absolute Gasteiger partial charge is 0.275 e. The Balaban J connectivity index is 2.16. The third-order valence-corrected chi connectivity index (χ3v) is 2.89. The molecule has 2 rings (SSSR count). The molecule has 0 saturated heterocycles. The van der Waals surface area contributed by atoms with Crippen LogP contribution in [0.4, 0.5) is 5.69 Å². The standard InChI is InChI=1S/C12H9Cl2N3O/c1-7-2-3-8(4-9(7)13)17-12(18)10-5-16-11(14)6-15-10/h2-6H,1H3,(H,17,18). The highest BCUT2D eigenvalue weighted by molar-refractivity contribution is 6.31. The minimum absolute atomic E-state index is 0.191. The first-order chi connectivity index (χ1) is 8.56. The second kappa shape index (κ2) is 5.33. The Morgan fingerprint density at radius 1 is 1.22 bits per heavy atom. The molecule has 0 unspecified atom stereocenters. The van der Waals surface area contributed by atoms with Gasteiger partial charge in [-0.1, -0.05) is 29.3 Å². The van der Waals surface area contributed by atoms with Crippen LogP contribution in [0.1, 0.15) is 16.1 Å². The van der Waals surface area contributed by atoms with E-state index < -0.39 is 0 Å². The van der Waals surface area contributed by atoms with Crippen molar-refractivity contribution in [3.05, 3.63) is 52.0 Å². The molecule has 92 valence electrons. The molecule has 1 amide bonds. The van der Waals surface area contributed by atoms with Crippen LogP contribution in [0.15, 0.2) is 30.6 Å². The summed E-state index contributed by atoms with van der Waals surface area (Å²) in [4.78, 5) is 19.5. The fraction of sp³-hybridized carbons (Fsp3) is 0.0833. The predicted molar refractivity (Wildman–Crippen MR) is 71.2 cm³/mol. The molecule has 1 N–H and O–H groups in total. The van der Waals surface area contributed by atoms with Crippen LogP contribution in [0.2, 0.25) is 10.2 Å². The average molecular weight is 282 g/mol. The molecule has 1 aromatic heterocycles. The molecule has 6 heteroatoms. The summed E-state index contributed by atoms with van der Waals surface area (Å²) in [5.41, 5.74) is 1.74. The number of benzene rings is 1. The minimum Gasteiger partial charge on any atom is -0.321 e. The Morgan fingerprint density at radius 2 is 2.00 bits per heavy atom. The summed E-state index contributed by atoms with van der Waals surface area (Å²) in [6.45, 7) is 1.89. The zero-order chi connectivity index (χ0) is 13.1. The van der Waals surface area contributed by atoms with Gasteiger partial charge in [-0.3, -0.25) is 4.79 Å². The number of amides is 1. The van der Waals surface area contributed by atoms with Crippen LogP contribution in [-0.4, -0.2) is 15.9 Å². The van der Waals surface area contributed by atoms with Crippen molar-refractivity contribution in [1.82, 2.24) is 9.97 Å². The molecule has 4 nitrogen and oxygen atoms in total. The van der Waals surface area contributed by atoms with E-state index in [4.69, 9.17) is 23.2 Å². The molecule has 1 heterocycles. The second-order valence-corrected chi connectivity index (χ2v) is 4.44. The summed E-state index contributed by atoms with van der Waals surface area (Å²) in [5.74, 6) is -0.362. The molecule has 0 aliphatic heterocycles. The molecule has 0 atom stereocenters. The van der Waals surface area contributed by atoms with E-state index in [1.54, 1.807) is 12.1 Å². The van der Waals surface area contributed by atoms with Gasteiger partial charge in [-0.2, -0.15) is 0 Å². The highest BCUT2D eigenvalue weighted by Crippen LogP contribution is 2.20. The summed E-state index contributed by atoms with van der Waals surface area (Å²) in [6.07, 6.45) is 2.63. The molecule has 2 aromatic rings. The van der Waals surface area contributed by atoms with E-state index in [2.05, 4.69) is 15.3 Å². The first-order valence-corrected chi connectivity index (χ1v) is 5.87. The van der Waals surface area contributed by atoms with Crippen LogP contribution in [-0.2, 0) is 0 Å². The molecule has 0 fully saturated rings. The quantitative estimate of drug-likeness (QED) is 0.919. The molecule has 0 spiro atoms. The number of carbonyl (C=O) groups excluding carboxylic acids is 1. The first-order valence-electron chi connectivity index (χ1n) is 5.11. The zero-order valence-corrected chi connectivity index (χ0v) is 11.0. The van der Waals surface area contributed by atoms with Crippen molar-refractivity contribution in [3.63, 3.8) is 0 Å². The lowest BCUT2D eigenvalue weighted by atomic mass is 10.2. The number of hydrogen-bond donors (Lipinski definition) is 1. The van der Waals surface area contributed by atoms with Crippen molar-refractivity contribution in [2.75, 3.05) is 5.32 Å². The number of nitrogens with one attached hydrogen (secondary N) is 1. The number of aryl methyl sites for hydroxylation is 1. The molecular weight excluding hydrogens is 273 g/mol. The van der Waals surface area contributed by atoms with Crippen LogP contribution in [0.25, 0.3) is 0 Å². The summed E-state index contributed by atoms with van der Waals surface area (Å²) in [7, 11) is 0. The lowest BCUT2D eigenvalue weighted by Crippen LogP contribution is -2.13. The summed E-state index contributed by atoms with van der Waals surface area (Å²) >= 11 is 11.6. The largest absolute Gasteiger partial charge is 0.321 e. The van der Waals surface area contributed by atoms with Crippen molar-refractivity contribution < 1.29 is 4.79 Å². The molecule has 1 aromatic carbocycles. The highest BCUT2D eigenvalue weighted by Gasteiger charge is 2.08. The monoisotopic (exact) mass is 281 g/mol. The number of nitrogens with zero attached hydrogens (tertiary/aromatic N) is 2.